The fourth-order valence-electron chi connectivity index (χ4n) is 1.86. The zero-order valence-corrected chi connectivity index (χ0v) is 12.4. The Morgan fingerprint density at radius 3 is 2.86 bits per heavy atom. The number of nitrogens with one attached hydrogen (secondary N) is 1. The number of carbonyl (C=O) groups is 1. The van der Waals surface area contributed by atoms with Crippen LogP contribution in [0.5, 0.6) is 0 Å². The summed E-state index contributed by atoms with van der Waals surface area (Å²) in [7, 11) is 0. The quantitative estimate of drug-likeness (QED) is 0.497. The van der Waals surface area contributed by atoms with Crippen molar-refractivity contribution in [3.05, 3.63) is 49.7 Å². The van der Waals surface area contributed by atoms with Gasteiger partial charge in [0.05, 0.1) is 27.3 Å². The lowest BCUT2D eigenvalue weighted by molar-refractivity contribution is -0.384. The van der Waals surface area contributed by atoms with Gasteiger partial charge in [0.15, 0.2) is 0 Å². The zero-order valence-electron chi connectivity index (χ0n) is 11.6. The Morgan fingerprint density at radius 2 is 2.27 bits per heavy atom. The van der Waals surface area contributed by atoms with Crippen molar-refractivity contribution in [3.8, 4) is 0 Å². The van der Waals surface area contributed by atoms with Crippen LogP contribution in [-0.4, -0.2) is 22.4 Å². The Labute approximate surface area is 129 Å². The molecule has 3 N–H and O–H groups in total. The molecule has 0 atom stereocenters. The predicted octanol–water partition coefficient (Wildman–Crippen LogP) is 2.05. The van der Waals surface area contributed by atoms with Crippen molar-refractivity contribution in [2.24, 2.45) is 0 Å². The molecule has 0 unspecified atom stereocenters. The average Bonchev–Trinajstić information content (AvgIpc) is 2.86. The van der Waals surface area contributed by atoms with E-state index in [4.69, 9.17) is 5.73 Å². The molecule has 1 aromatic heterocycles. The van der Waals surface area contributed by atoms with E-state index in [1.54, 1.807) is 0 Å². The van der Waals surface area contributed by atoms with Gasteiger partial charge in [-0.05, 0) is 13.0 Å². The largest absolute Gasteiger partial charge is 0.393 e. The summed E-state index contributed by atoms with van der Waals surface area (Å²) in [6.07, 6.45) is 0.507. The first-order valence-electron chi connectivity index (χ1n) is 6.31. The van der Waals surface area contributed by atoms with Crippen molar-refractivity contribution in [3.63, 3.8) is 0 Å². The molecule has 1 amide bonds. The molecule has 0 saturated carbocycles. The molecule has 0 bridgehead atoms. The number of hydrogen-bond acceptors (Lipinski definition) is 6. The maximum atomic E-state index is 13.4. The molecule has 22 heavy (non-hydrogen) atoms. The molecule has 0 spiro atoms. The van der Waals surface area contributed by atoms with Crippen molar-refractivity contribution in [1.82, 2.24) is 10.3 Å². The maximum Gasteiger partial charge on any atom is 0.295 e. The highest BCUT2D eigenvalue weighted by molar-refractivity contribution is 7.09. The van der Waals surface area contributed by atoms with E-state index in [-0.39, 0.29) is 17.8 Å². The molecule has 0 aliphatic rings. The Hall–Kier alpha value is -2.55. The Bertz CT molecular complexity index is 732. The minimum Gasteiger partial charge on any atom is -0.393 e. The number of benzene rings is 1. The standard InChI is InChI=1S/C13H13FN4O3S/c1-7-17-9(6-22-7)2-3-16-13(19)10-4-8(14)5-11(12(10)15)18(20)21/h4-6H,2-3,15H2,1H3,(H,16,19). The molecule has 0 aliphatic heterocycles. The molecular weight excluding hydrogens is 311 g/mol. The van der Waals surface area contributed by atoms with Gasteiger partial charge >= 0.3 is 0 Å². The van der Waals surface area contributed by atoms with Crippen LogP contribution in [0.3, 0.4) is 0 Å². The zero-order chi connectivity index (χ0) is 16.3. The number of aromatic nitrogens is 1. The van der Waals surface area contributed by atoms with E-state index in [1.807, 2.05) is 12.3 Å². The number of nitrogens with zero attached hydrogens (tertiary/aromatic N) is 2. The second-order valence-electron chi connectivity index (χ2n) is 4.51. The fraction of sp³-hybridized carbons (Fsp3) is 0.231. The van der Waals surface area contributed by atoms with Crippen LogP contribution < -0.4 is 11.1 Å². The average molecular weight is 324 g/mol. The number of nitro benzene ring substituents is 1. The Morgan fingerprint density at radius 1 is 1.55 bits per heavy atom. The van der Waals surface area contributed by atoms with E-state index in [0.29, 0.717) is 12.5 Å². The van der Waals surface area contributed by atoms with Crippen molar-refractivity contribution < 1.29 is 14.1 Å². The van der Waals surface area contributed by atoms with Gasteiger partial charge in [-0.25, -0.2) is 9.37 Å². The number of amides is 1. The summed E-state index contributed by atoms with van der Waals surface area (Å²) in [5.74, 6) is -1.55. The van der Waals surface area contributed by atoms with Gasteiger partial charge in [0.25, 0.3) is 11.6 Å². The van der Waals surface area contributed by atoms with Crippen LogP contribution in [-0.2, 0) is 6.42 Å². The van der Waals surface area contributed by atoms with Crippen LogP contribution in [0.4, 0.5) is 15.8 Å². The summed E-state index contributed by atoms with van der Waals surface area (Å²) in [4.78, 5) is 26.2. The second kappa shape index (κ2) is 6.48. The number of anilines is 1. The van der Waals surface area contributed by atoms with Gasteiger partial charge in [-0.1, -0.05) is 0 Å². The molecular formula is C13H13FN4O3S. The van der Waals surface area contributed by atoms with E-state index >= 15 is 0 Å². The Balaban J connectivity index is 2.07. The van der Waals surface area contributed by atoms with Crippen molar-refractivity contribution in [2.45, 2.75) is 13.3 Å². The lowest BCUT2D eigenvalue weighted by atomic mass is 10.1. The van der Waals surface area contributed by atoms with Gasteiger partial charge in [-0.2, -0.15) is 0 Å². The summed E-state index contributed by atoms with van der Waals surface area (Å²) in [5.41, 5.74) is 5.17. The van der Waals surface area contributed by atoms with E-state index in [9.17, 15) is 19.3 Å². The first-order valence-corrected chi connectivity index (χ1v) is 7.19. The first-order chi connectivity index (χ1) is 10.4. The van der Waals surface area contributed by atoms with Gasteiger partial charge in [0.1, 0.15) is 11.5 Å². The van der Waals surface area contributed by atoms with Gasteiger partial charge in [-0.3, -0.25) is 14.9 Å². The highest BCUT2D eigenvalue weighted by Gasteiger charge is 2.21. The normalized spacial score (nSPS) is 10.5. The van der Waals surface area contributed by atoms with Gasteiger partial charge < -0.3 is 11.1 Å². The molecule has 2 rings (SSSR count). The number of rotatable bonds is 5. The SMILES string of the molecule is Cc1nc(CCNC(=O)c2cc(F)cc([N+](=O)[O-])c2N)cs1. The number of nitrogen functional groups attached to an aromatic ring is 1. The smallest absolute Gasteiger partial charge is 0.295 e. The summed E-state index contributed by atoms with van der Waals surface area (Å²) >= 11 is 1.50. The highest BCUT2D eigenvalue weighted by atomic mass is 32.1. The molecule has 116 valence electrons. The minimum atomic E-state index is -0.888. The van der Waals surface area contributed by atoms with Gasteiger partial charge in [0.2, 0.25) is 0 Å². The van der Waals surface area contributed by atoms with Crippen LogP contribution in [0.15, 0.2) is 17.5 Å². The first kappa shape index (κ1) is 15.8. The molecule has 9 heteroatoms. The lowest BCUT2D eigenvalue weighted by Gasteiger charge is -2.07. The van der Waals surface area contributed by atoms with E-state index in [1.165, 1.54) is 11.3 Å². The number of aryl methyl sites for hydroxylation is 1. The number of thiazole rings is 1. The van der Waals surface area contributed by atoms with Gasteiger partial charge in [-0.15, -0.1) is 11.3 Å². The highest BCUT2D eigenvalue weighted by Crippen LogP contribution is 2.26. The van der Waals surface area contributed by atoms with Crippen LogP contribution in [0.2, 0.25) is 0 Å². The molecule has 1 aromatic carbocycles. The third kappa shape index (κ3) is 3.55. The summed E-state index contributed by atoms with van der Waals surface area (Å²) in [6.45, 7) is 2.14. The van der Waals surface area contributed by atoms with Crippen LogP contribution >= 0.6 is 11.3 Å². The summed E-state index contributed by atoms with van der Waals surface area (Å²) in [5, 5.41) is 16.1. The molecule has 0 saturated heterocycles. The van der Waals surface area contributed by atoms with Gasteiger partial charge in [0, 0.05) is 18.3 Å². The molecule has 0 radical (unpaired) electrons. The number of carbonyl (C=O) groups excluding carboxylic acids is 1. The molecule has 0 aliphatic carbocycles. The molecule has 0 fully saturated rings. The minimum absolute atomic E-state index is 0.249. The van der Waals surface area contributed by atoms with Crippen molar-refractivity contribution in [1.29, 1.82) is 0 Å². The van der Waals surface area contributed by atoms with Crippen molar-refractivity contribution >= 4 is 28.6 Å². The van der Waals surface area contributed by atoms with E-state index in [2.05, 4.69) is 10.3 Å². The molecule has 7 nitrogen and oxygen atoms in total. The fourth-order valence-corrected chi connectivity index (χ4v) is 2.51. The third-order valence-corrected chi connectivity index (χ3v) is 3.72. The van der Waals surface area contributed by atoms with Crippen LogP contribution in [0.25, 0.3) is 0 Å². The molecule has 2 aromatic rings. The summed E-state index contributed by atoms with van der Waals surface area (Å²) in [6, 6.07) is 1.56. The van der Waals surface area contributed by atoms with Crippen LogP contribution in [0, 0.1) is 22.9 Å². The maximum absolute atomic E-state index is 13.4. The number of hydrogen-bond donors (Lipinski definition) is 2. The van der Waals surface area contributed by atoms with E-state index in [0.717, 1.165) is 16.8 Å². The van der Waals surface area contributed by atoms with Crippen molar-refractivity contribution in [2.75, 3.05) is 12.3 Å². The monoisotopic (exact) mass is 324 g/mol. The third-order valence-electron chi connectivity index (χ3n) is 2.90. The Kier molecular flexibility index (Phi) is 4.66. The summed E-state index contributed by atoms with van der Waals surface area (Å²) < 4.78 is 13.4. The molecule has 1 heterocycles. The topological polar surface area (TPSA) is 111 Å². The lowest BCUT2D eigenvalue weighted by Crippen LogP contribution is -2.27. The predicted molar refractivity (Wildman–Crippen MR) is 80.4 cm³/mol. The second-order valence-corrected chi connectivity index (χ2v) is 5.57. The van der Waals surface area contributed by atoms with Crippen LogP contribution in [0.1, 0.15) is 21.1 Å². The van der Waals surface area contributed by atoms with E-state index < -0.39 is 22.3 Å². The number of nitrogens with two attached hydrogens (primary N) is 1. The number of halogens is 1. The number of nitro groups is 1.